The minimum atomic E-state index is 0.632. The van der Waals surface area contributed by atoms with Crippen molar-refractivity contribution in [3.05, 3.63) is 102 Å². The molecule has 0 aliphatic rings. The Morgan fingerprint density at radius 1 is 0.690 bits per heavy atom. The molecule has 0 spiro atoms. The predicted molar refractivity (Wildman–Crippen MR) is 119 cm³/mol. The van der Waals surface area contributed by atoms with Crippen LogP contribution in [0.2, 0.25) is 0 Å². The van der Waals surface area contributed by atoms with E-state index in [1.165, 1.54) is 22.3 Å². The summed E-state index contributed by atoms with van der Waals surface area (Å²) in [6.45, 7) is 1.53. The van der Waals surface area contributed by atoms with E-state index in [0.29, 0.717) is 12.5 Å². The van der Waals surface area contributed by atoms with Crippen molar-refractivity contribution in [2.75, 3.05) is 12.4 Å². The van der Waals surface area contributed by atoms with E-state index in [-0.39, 0.29) is 0 Å². The maximum atomic E-state index is 4.64. The summed E-state index contributed by atoms with van der Waals surface area (Å²) in [5, 5.41) is 6.55. The van der Waals surface area contributed by atoms with Crippen LogP contribution in [0.4, 0.5) is 5.95 Å². The van der Waals surface area contributed by atoms with Crippen LogP contribution in [0.5, 0.6) is 0 Å². The number of rotatable bonds is 7. The molecule has 29 heavy (non-hydrogen) atoms. The number of hydrogen-bond donors (Lipinski definition) is 2. The molecule has 4 aromatic rings. The van der Waals surface area contributed by atoms with E-state index in [9.17, 15) is 0 Å². The third-order valence-corrected chi connectivity index (χ3v) is 4.74. The summed E-state index contributed by atoms with van der Waals surface area (Å²) in [5.41, 5.74) is 6.90. The Hall–Kier alpha value is -3.50. The average Bonchev–Trinajstić information content (AvgIpc) is 2.79. The summed E-state index contributed by atoms with van der Waals surface area (Å²) >= 11 is 0. The first-order valence-electron chi connectivity index (χ1n) is 9.77. The van der Waals surface area contributed by atoms with Crippen molar-refractivity contribution in [3.8, 4) is 22.4 Å². The summed E-state index contributed by atoms with van der Waals surface area (Å²) in [6, 6.07) is 29.3. The standard InChI is InChI=1S/C25H24N4/c1-26-17-19-7-5-11-22(15-19)23-12-6-8-20(16-23)18-28-25-27-14-13-24(29-25)21-9-3-2-4-10-21/h2-16,26H,17-18H2,1H3,(H,27,28,29). The first-order chi connectivity index (χ1) is 14.3. The lowest BCUT2D eigenvalue weighted by Gasteiger charge is -2.09. The quantitative estimate of drug-likeness (QED) is 0.466. The Morgan fingerprint density at radius 2 is 1.34 bits per heavy atom. The lowest BCUT2D eigenvalue weighted by Crippen LogP contribution is -2.05. The van der Waals surface area contributed by atoms with Gasteiger partial charge in [0.1, 0.15) is 0 Å². The van der Waals surface area contributed by atoms with Gasteiger partial charge in [0, 0.05) is 24.8 Å². The molecule has 1 heterocycles. The van der Waals surface area contributed by atoms with Gasteiger partial charge < -0.3 is 10.6 Å². The topological polar surface area (TPSA) is 49.8 Å². The van der Waals surface area contributed by atoms with E-state index in [1.54, 1.807) is 6.20 Å². The monoisotopic (exact) mass is 380 g/mol. The molecule has 1 aromatic heterocycles. The Labute approximate surface area is 171 Å². The van der Waals surface area contributed by atoms with Gasteiger partial charge in [0.2, 0.25) is 5.95 Å². The van der Waals surface area contributed by atoms with Crippen LogP contribution in [0.3, 0.4) is 0 Å². The minimum absolute atomic E-state index is 0.632. The van der Waals surface area contributed by atoms with Crippen molar-refractivity contribution in [2.45, 2.75) is 13.1 Å². The highest BCUT2D eigenvalue weighted by molar-refractivity contribution is 5.65. The SMILES string of the molecule is CNCc1cccc(-c2cccc(CNc3nccc(-c4ccccc4)n3)c2)c1. The van der Waals surface area contributed by atoms with Gasteiger partial charge in [0.15, 0.2) is 0 Å². The van der Waals surface area contributed by atoms with Gasteiger partial charge in [-0.25, -0.2) is 9.97 Å². The molecule has 0 amide bonds. The highest BCUT2D eigenvalue weighted by Crippen LogP contribution is 2.22. The number of benzene rings is 3. The molecular formula is C25H24N4. The van der Waals surface area contributed by atoms with Crippen molar-refractivity contribution in [1.29, 1.82) is 0 Å². The molecule has 0 aliphatic carbocycles. The molecule has 4 rings (SSSR count). The highest BCUT2D eigenvalue weighted by atomic mass is 15.1. The van der Waals surface area contributed by atoms with Crippen molar-refractivity contribution in [3.63, 3.8) is 0 Å². The zero-order chi connectivity index (χ0) is 19.9. The molecule has 0 saturated heterocycles. The second kappa shape index (κ2) is 9.13. The molecule has 0 fully saturated rings. The first kappa shape index (κ1) is 18.8. The zero-order valence-electron chi connectivity index (χ0n) is 16.5. The van der Waals surface area contributed by atoms with E-state index >= 15 is 0 Å². The van der Waals surface area contributed by atoms with Crippen molar-refractivity contribution in [2.24, 2.45) is 0 Å². The number of nitrogens with one attached hydrogen (secondary N) is 2. The van der Waals surface area contributed by atoms with Crippen LogP contribution in [0.1, 0.15) is 11.1 Å². The van der Waals surface area contributed by atoms with Gasteiger partial charge >= 0.3 is 0 Å². The smallest absolute Gasteiger partial charge is 0.223 e. The number of hydrogen-bond acceptors (Lipinski definition) is 4. The normalized spacial score (nSPS) is 10.7. The molecule has 0 saturated carbocycles. The van der Waals surface area contributed by atoms with Crippen LogP contribution in [0.25, 0.3) is 22.4 Å². The van der Waals surface area contributed by atoms with Crippen LogP contribution in [-0.4, -0.2) is 17.0 Å². The van der Waals surface area contributed by atoms with E-state index in [0.717, 1.165) is 17.8 Å². The lowest BCUT2D eigenvalue weighted by atomic mass is 10.0. The molecule has 2 N–H and O–H groups in total. The van der Waals surface area contributed by atoms with Gasteiger partial charge in [-0.1, -0.05) is 66.7 Å². The maximum Gasteiger partial charge on any atom is 0.223 e. The second-order valence-corrected chi connectivity index (χ2v) is 6.92. The Balaban J connectivity index is 1.49. The number of aromatic nitrogens is 2. The largest absolute Gasteiger partial charge is 0.350 e. The molecule has 0 bridgehead atoms. The van der Waals surface area contributed by atoms with E-state index in [1.807, 2.05) is 31.3 Å². The summed E-state index contributed by atoms with van der Waals surface area (Å²) in [4.78, 5) is 9.01. The van der Waals surface area contributed by atoms with E-state index in [2.05, 4.69) is 81.3 Å². The van der Waals surface area contributed by atoms with Crippen LogP contribution >= 0.6 is 0 Å². The maximum absolute atomic E-state index is 4.64. The summed E-state index contributed by atoms with van der Waals surface area (Å²) in [5.74, 6) is 0.632. The fourth-order valence-corrected chi connectivity index (χ4v) is 3.32. The van der Waals surface area contributed by atoms with E-state index < -0.39 is 0 Å². The summed E-state index contributed by atoms with van der Waals surface area (Å²) in [7, 11) is 1.97. The van der Waals surface area contributed by atoms with Crippen molar-refractivity contribution < 1.29 is 0 Å². The average molecular weight is 380 g/mol. The molecule has 0 unspecified atom stereocenters. The molecule has 3 aromatic carbocycles. The summed E-state index contributed by atoms with van der Waals surface area (Å²) < 4.78 is 0. The third-order valence-electron chi connectivity index (χ3n) is 4.74. The van der Waals surface area contributed by atoms with Crippen molar-refractivity contribution >= 4 is 5.95 Å². The fraction of sp³-hybridized carbons (Fsp3) is 0.120. The third kappa shape index (κ3) is 4.86. The van der Waals surface area contributed by atoms with Gasteiger partial charge in [-0.05, 0) is 47.5 Å². The highest BCUT2D eigenvalue weighted by Gasteiger charge is 2.04. The molecule has 4 heteroatoms. The number of nitrogens with zero attached hydrogens (tertiary/aromatic N) is 2. The van der Waals surface area contributed by atoms with Gasteiger partial charge in [0.05, 0.1) is 5.69 Å². The Bertz CT molecular complexity index is 1080. The molecular weight excluding hydrogens is 356 g/mol. The first-order valence-corrected chi connectivity index (χ1v) is 9.77. The second-order valence-electron chi connectivity index (χ2n) is 6.92. The van der Waals surface area contributed by atoms with Gasteiger partial charge in [-0.15, -0.1) is 0 Å². The molecule has 0 radical (unpaired) electrons. The van der Waals surface area contributed by atoms with Gasteiger partial charge in [0.25, 0.3) is 0 Å². The van der Waals surface area contributed by atoms with Crippen molar-refractivity contribution in [1.82, 2.24) is 15.3 Å². The van der Waals surface area contributed by atoms with Crippen LogP contribution < -0.4 is 10.6 Å². The molecule has 0 aliphatic heterocycles. The van der Waals surface area contributed by atoms with Gasteiger partial charge in [-0.2, -0.15) is 0 Å². The minimum Gasteiger partial charge on any atom is -0.350 e. The Morgan fingerprint density at radius 3 is 2.03 bits per heavy atom. The molecule has 144 valence electrons. The number of anilines is 1. The van der Waals surface area contributed by atoms with Crippen LogP contribution in [-0.2, 0) is 13.1 Å². The van der Waals surface area contributed by atoms with Crippen LogP contribution in [0, 0.1) is 0 Å². The fourth-order valence-electron chi connectivity index (χ4n) is 3.32. The van der Waals surface area contributed by atoms with Crippen LogP contribution in [0.15, 0.2) is 91.1 Å². The zero-order valence-corrected chi connectivity index (χ0v) is 16.5. The van der Waals surface area contributed by atoms with Gasteiger partial charge in [-0.3, -0.25) is 0 Å². The summed E-state index contributed by atoms with van der Waals surface area (Å²) in [6.07, 6.45) is 1.79. The lowest BCUT2D eigenvalue weighted by molar-refractivity contribution is 0.818. The molecule has 4 nitrogen and oxygen atoms in total. The predicted octanol–water partition coefficient (Wildman–Crippen LogP) is 5.14. The molecule has 0 atom stereocenters. The Kier molecular flexibility index (Phi) is 5.93. The van der Waals surface area contributed by atoms with E-state index in [4.69, 9.17) is 0 Å².